The molecule has 27 heavy (non-hydrogen) atoms. The topological polar surface area (TPSA) is 71.1 Å². The Bertz CT molecular complexity index is 955. The van der Waals surface area contributed by atoms with Gasteiger partial charge in [0.25, 0.3) is 0 Å². The fraction of sp³-hybridized carbons (Fsp3) is 0.143. The molecule has 3 rings (SSSR count). The zero-order valence-corrected chi connectivity index (χ0v) is 15.5. The number of nitriles is 1. The van der Waals surface area contributed by atoms with Gasteiger partial charge in [-0.2, -0.15) is 10.2 Å². The van der Waals surface area contributed by atoms with E-state index in [-0.39, 0.29) is 5.69 Å². The number of anilines is 1. The van der Waals surface area contributed by atoms with E-state index in [1.165, 1.54) is 0 Å². The van der Waals surface area contributed by atoms with E-state index in [4.69, 9.17) is 20.8 Å². The molecule has 1 aromatic heterocycles. The molecular formula is C21H18ClN3O2. The smallest absolute Gasteiger partial charge is 0.232 e. The highest BCUT2D eigenvalue weighted by Crippen LogP contribution is 2.20. The van der Waals surface area contributed by atoms with E-state index in [1.807, 2.05) is 67.6 Å². The van der Waals surface area contributed by atoms with Gasteiger partial charge in [-0.3, -0.25) is 0 Å². The minimum atomic E-state index is 0.218. The first-order chi connectivity index (χ1) is 13.2. The molecule has 0 radical (unpaired) electrons. The normalized spacial score (nSPS) is 10.7. The largest absolute Gasteiger partial charge is 0.494 e. The first-order valence-electron chi connectivity index (χ1n) is 8.48. The highest BCUT2D eigenvalue weighted by molar-refractivity contribution is 6.30. The standard InChI is InChI=1S/C21H18ClN3O2/c1-2-26-18-10-5-15(6-11-18)7-12-20-25-19(13-23)21(27-20)24-14-16-3-8-17(22)9-4-16/h3-12,24H,2,14H2,1H3. The number of nitrogens with zero attached hydrogens (tertiary/aromatic N) is 2. The molecule has 0 atom stereocenters. The van der Waals surface area contributed by atoms with Crippen molar-refractivity contribution in [3.05, 3.63) is 76.3 Å². The van der Waals surface area contributed by atoms with E-state index in [0.717, 1.165) is 16.9 Å². The quantitative estimate of drug-likeness (QED) is 0.596. The second kappa shape index (κ2) is 8.93. The molecule has 1 N–H and O–H groups in total. The molecular weight excluding hydrogens is 362 g/mol. The molecule has 0 amide bonds. The maximum Gasteiger partial charge on any atom is 0.232 e. The SMILES string of the molecule is CCOc1ccc(C=Cc2nc(C#N)c(NCc3ccc(Cl)cc3)o2)cc1. The molecule has 0 aliphatic carbocycles. The van der Waals surface area contributed by atoms with Gasteiger partial charge < -0.3 is 14.5 Å². The predicted molar refractivity (Wildman–Crippen MR) is 107 cm³/mol. The molecule has 0 unspecified atom stereocenters. The predicted octanol–water partition coefficient (Wildman–Crippen LogP) is 5.38. The number of rotatable bonds is 7. The van der Waals surface area contributed by atoms with Crippen molar-refractivity contribution in [3.8, 4) is 11.8 Å². The maximum atomic E-state index is 9.26. The molecule has 136 valence electrons. The van der Waals surface area contributed by atoms with Gasteiger partial charge in [0.2, 0.25) is 17.5 Å². The average Bonchev–Trinajstić information content (AvgIpc) is 3.09. The van der Waals surface area contributed by atoms with Crippen molar-refractivity contribution in [2.24, 2.45) is 0 Å². The van der Waals surface area contributed by atoms with E-state index in [2.05, 4.69) is 10.3 Å². The van der Waals surface area contributed by atoms with Crippen molar-refractivity contribution in [1.82, 2.24) is 4.98 Å². The van der Waals surface area contributed by atoms with Crippen LogP contribution >= 0.6 is 11.6 Å². The lowest BCUT2D eigenvalue weighted by Gasteiger charge is -2.03. The van der Waals surface area contributed by atoms with Crippen LogP contribution in [-0.4, -0.2) is 11.6 Å². The van der Waals surface area contributed by atoms with E-state index < -0.39 is 0 Å². The molecule has 0 saturated carbocycles. The van der Waals surface area contributed by atoms with Gasteiger partial charge in [0.15, 0.2) is 0 Å². The van der Waals surface area contributed by atoms with Crippen LogP contribution < -0.4 is 10.1 Å². The summed E-state index contributed by atoms with van der Waals surface area (Å²) in [6, 6.07) is 17.2. The van der Waals surface area contributed by atoms with Gasteiger partial charge in [0, 0.05) is 17.6 Å². The Morgan fingerprint density at radius 2 is 1.89 bits per heavy atom. The minimum Gasteiger partial charge on any atom is -0.494 e. The van der Waals surface area contributed by atoms with Crippen molar-refractivity contribution >= 4 is 29.6 Å². The minimum absolute atomic E-state index is 0.218. The van der Waals surface area contributed by atoms with Crippen LogP contribution in [0.4, 0.5) is 5.88 Å². The highest BCUT2D eigenvalue weighted by atomic mass is 35.5. The summed E-state index contributed by atoms with van der Waals surface area (Å²) in [4.78, 5) is 4.19. The Kier molecular flexibility index (Phi) is 6.14. The number of oxazole rings is 1. The lowest BCUT2D eigenvalue weighted by molar-refractivity contribution is 0.340. The molecule has 0 fully saturated rings. The van der Waals surface area contributed by atoms with Gasteiger partial charge in [0.05, 0.1) is 6.61 Å². The molecule has 6 heteroatoms. The van der Waals surface area contributed by atoms with Crippen LogP contribution in [-0.2, 0) is 6.54 Å². The summed E-state index contributed by atoms with van der Waals surface area (Å²) in [5.41, 5.74) is 2.22. The third kappa shape index (κ3) is 5.13. The highest BCUT2D eigenvalue weighted by Gasteiger charge is 2.11. The molecule has 0 bridgehead atoms. The number of ether oxygens (including phenoxy) is 1. The third-order valence-electron chi connectivity index (χ3n) is 3.73. The summed E-state index contributed by atoms with van der Waals surface area (Å²) in [6.45, 7) is 3.08. The van der Waals surface area contributed by atoms with Crippen molar-refractivity contribution in [1.29, 1.82) is 5.26 Å². The van der Waals surface area contributed by atoms with Gasteiger partial charge in [0.1, 0.15) is 11.8 Å². The summed E-state index contributed by atoms with van der Waals surface area (Å²) < 4.78 is 11.1. The van der Waals surface area contributed by atoms with Crippen molar-refractivity contribution in [2.45, 2.75) is 13.5 Å². The Morgan fingerprint density at radius 1 is 1.15 bits per heavy atom. The zero-order valence-electron chi connectivity index (χ0n) is 14.8. The van der Waals surface area contributed by atoms with Crippen LogP contribution in [0.2, 0.25) is 5.02 Å². The van der Waals surface area contributed by atoms with E-state index >= 15 is 0 Å². The number of hydrogen-bond acceptors (Lipinski definition) is 5. The van der Waals surface area contributed by atoms with Crippen LogP contribution in [0.1, 0.15) is 29.6 Å². The average molecular weight is 380 g/mol. The number of benzene rings is 2. The number of hydrogen-bond donors (Lipinski definition) is 1. The molecule has 1 heterocycles. The molecule has 0 aliphatic heterocycles. The molecule has 0 aliphatic rings. The van der Waals surface area contributed by atoms with Crippen molar-refractivity contribution in [2.75, 3.05) is 11.9 Å². The summed E-state index contributed by atoms with van der Waals surface area (Å²) in [6.07, 6.45) is 3.59. The summed E-state index contributed by atoms with van der Waals surface area (Å²) in [7, 11) is 0. The van der Waals surface area contributed by atoms with Crippen LogP contribution in [0.15, 0.2) is 52.9 Å². The van der Waals surface area contributed by atoms with Gasteiger partial charge in [-0.25, -0.2) is 0 Å². The van der Waals surface area contributed by atoms with Gasteiger partial charge >= 0.3 is 0 Å². The van der Waals surface area contributed by atoms with Gasteiger partial charge in [-0.1, -0.05) is 35.9 Å². The maximum absolute atomic E-state index is 9.26. The first-order valence-corrected chi connectivity index (χ1v) is 8.86. The van der Waals surface area contributed by atoms with E-state index in [0.29, 0.717) is 29.9 Å². The molecule has 0 spiro atoms. The molecule has 5 nitrogen and oxygen atoms in total. The van der Waals surface area contributed by atoms with E-state index in [1.54, 1.807) is 6.08 Å². The summed E-state index contributed by atoms with van der Waals surface area (Å²) >= 11 is 5.88. The number of aromatic nitrogens is 1. The van der Waals surface area contributed by atoms with Crippen LogP contribution in [0, 0.1) is 11.3 Å². The van der Waals surface area contributed by atoms with Crippen molar-refractivity contribution < 1.29 is 9.15 Å². The summed E-state index contributed by atoms with van der Waals surface area (Å²) in [5.74, 6) is 1.53. The second-order valence-electron chi connectivity index (χ2n) is 5.66. The monoisotopic (exact) mass is 379 g/mol. The second-order valence-corrected chi connectivity index (χ2v) is 6.09. The molecule has 3 aromatic rings. The lowest BCUT2D eigenvalue weighted by Crippen LogP contribution is -1.99. The Hall–Kier alpha value is -3.23. The van der Waals surface area contributed by atoms with Crippen LogP contribution in [0.25, 0.3) is 12.2 Å². The first kappa shape index (κ1) is 18.6. The number of halogens is 1. The van der Waals surface area contributed by atoms with Gasteiger partial charge in [-0.05, 0) is 48.4 Å². The molecule has 2 aromatic carbocycles. The summed E-state index contributed by atoms with van der Waals surface area (Å²) in [5, 5.41) is 13.0. The Balaban J connectivity index is 1.68. The third-order valence-corrected chi connectivity index (χ3v) is 3.98. The fourth-order valence-electron chi connectivity index (χ4n) is 2.40. The Labute approximate surface area is 162 Å². The Morgan fingerprint density at radius 3 is 2.56 bits per heavy atom. The fourth-order valence-corrected chi connectivity index (χ4v) is 2.52. The van der Waals surface area contributed by atoms with Gasteiger partial charge in [-0.15, -0.1) is 0 Å². The van der Waals surface area contributed by atoms with E-state index in [9.17, 15) is 5.26 Å². The van der Waals surface area contributed by atoms with Crippen LogP contribution in [0.5, 0.6) is 5.75 Å². The molecule has 0 saturated heterocycles. The van der Waals surface area contributed by atoms with Crippen LogP contribution in [0.3, 0.4) is 0 Å². The zero-order chi connectivity index (χ0) is 19.1. The van der Waals surface area contributed by atoms with Crippen molar-refractivity contribution in [3.63, 3.8) is 0 Å². The number of nitrogens with one attached hydrogen (secondary N) is 1. The lowest BCUT2D eigenvalue weighted by atomic mass is 10.2.